The fourth-order valence-corrected chi connectivity index (χ4v) is 8.43. The van der Waals surface area contributed by atoms with E-state index < -0.39 is 69.7 Å². The van der Waals surface area contributed by atoms with Gasteiger partial charge in [-0.05, 0) is 152 Å². The van der Waals surface area contributed by atoms with Gasteiger partial charge in [0.05, 0.1) is 49.2 Å². The first-order valence-corrected chi connectivity index (χ1v) is 25.0. The van der Waals surface area contributed by atoms with E-state index in [-0.39, 0.29) is 41.1 Å². The largest absolute Gasteiger partial charge is 0.478 e. The Bertz CT molecular complexity index is 3400. The number of halogens is 9. The molecule has 2 aromatic carbocycles. The van der Waals surface area contributed by atoms with Crippen molar-refractivity contribution >= 4 is 43.5 Å². The van der Waals surface area contributed by atoms with Gasteiger partial charge >= 0.3 is 11.6 Å². The maximum Gasteiger partial charge on any atom is 0.406 e. The van der Waals surface area contributed by atoms with Gasteiger partial charge in [-0.1, -0.05) is 10.4 Å². The molecule has 29 heteroatoms. The summed E-state index contributed by atoms with van der Waals surface area (Å²) in [6.07, 6.45) is 3.53. The van der Waals surface area contributed by atoms with Gasteiger partial charge in [-0.15, -0.1) is 10.2 Å². The van der Waals surface area contributed by atoms with Gasteiger partial charge in [0.1, 0.15) is 29.1 Å². The predicted molar refractivity (Wildman–Crippen MR) is 265 cm³/mol. The van der Waals surface area contributed by atoms with E-state index in [1.807, 2.05) is 0 Å². The van der Waals surface area contributed by atoms with E-state index in [1.54, 1.807) is 28.7 Å². The number of aliphatic hydroxyl groups excluding tert-OH is 1. The summed E-state index contributed by atoms with van der Waals surface area (Å²) in [5.74, 6) is -2.27. The molecule has 0 amide bonds. The number of hydrogen-bond donors (Lipinski definition) is 1. The molecule has 0 unspecified atom stereocenters. The summed E-state index contributed by atoms with van der Waals surface area (Å²) in [6, 6.07) is 12.5. The number of benzene rings is 2. The first-order chi connectivity index (χ1) is 36.7. The molecule has 0 radical (unpaired) electrons. The molecule has 8 aromatic rings. The Hall–Kier alpha value is -7.53. The van der Waals surface area contributed by atoms with E-state index in [0.717, 1.165) is 32.0 Å². The van der Waals surface area contributed by atoms with Gasteiger partial charge in [-0.2, -0.15) is 14.6 Å². The van der Waals surface area contributed by atoms with Crippen LogP contribution in [-0.4, -0.2) is 74.5 Å². The first-order valence-electron chi connectivity index (χ1n) is 23.4. The lowest BCUT2D eigenvalue weighted by Crippen LogP contribution is -2.13. The van der Waals surface area contributed by atoms with E-state index >= 15 is 0 Å². The molecule has 1 N–H and O–H groups in total. The van der Waals surface area contributed by atoms with Crippen molar-refractivity contribution in [3.8, 4) is 17.1 Å². The third-order valence-electron chi connectivity index (χ3n) is 11.8. The molecule has 0 saturated heterocycles. The zero-order valence-corrected chi connectivity index (χ0v) is 43.5. The third kappa shape index (κ3) is 14.5. The van der Waals surface area contributed by atoms with Gasteiger partial charge < -0.3 is 30.1 Å². The Kier molecular flexibility index (Phi) is 17.5. The van der Waals surface area contributed by atoms with Crippen LogP contribution in [0.5, 0.6) is 5.75 Å². The number of ether oxygens (including phenoxy) is 1. The molecule has 6 aromatic heterocycles. The molecule has 20 nitrogen and oxygen atoms in total. The first kappa shape index (κ1) is 55.7. The molecular weight excluding hydrogens is 1160 g/mol. The standard InChI is InChI=1S/C24H21BrF3N7O3.C19H20F3N5O.C5H2BrFN2O2/c1-13(38-22-6-15(25)10-29-24(22)35(36)37)19-7-16(26)4-5-21(19)34-18(9-20(31-34)23(27)28)8-17-12-33(32-30-17)11-14-2-3-14;1-11(28)16-6-13(20)4-5-18(16)27-15(8-17(24-27)19(21)22)7-14-10-26(25-23-14)9-12-2-3-12;6-3-1-4(7)5(8-2-3)9(10)11/h4-7,9-10,12-14,23H,2-3,8,11H2,1H3;4-6,8,10-12,19,28H,2-3,7,9H2,1H3;1-2H/t13-;11-;/m11./s1. The van der Waals surface area contributed by atoms with Crippen LogP contribution in [0.25, 0.3) is 11.4 Å². The molecule has 404 valence electrons. The molecule has 2 aliphatic carbocycles. The van der Waals surface area contributed by atoms with Crippen molar-refractivity contribution in [3.63, 3.8) is 0 Å². The van der Waals surface area contributed by atoms with Crippen molar-refractivity contribution < 1.29 is 50.4 Å². The van der Waals surface area contributed by atoms with Crippen LogP contribution in [-0.2, 0) is 25.9 Å². The van der Waals surface area contributed by atoms with Crippen molar-refractivity contribution in [1.82, 2.24) is 59.5 Å². The molecular formula is C48H43Br2F7N14O6. The van der Waals surface area contributed by atoms with Crippen LogP contribution >= 0.6 is 31.9 Å². The van der Waals surface area contributed by atoms with Crippen molar-refractivity contribution in [2.45, 2.75) is 90.5 Å². The normalized spacial score (nSPS) is 13.9. The van der Waals surface area contributed by atoms with Crippen LogP contribution in [0.4, 0.5) is 42.4 Å². The highest BCUT2D eigenvalue weighted by atomic mass is 79.9. The third-order valence-corrected chi connectivity index (χ3v) is 12.7. The zero-order chi connectivity index (χ0) is 55.2. The van der Waals surface area contributed by atoms with Gasteiger partial charge in [-0.3, -0.25) is 9.36 Å². The highest BCUT2D eigenvalue weighted by Gasteiger charge is 2.28. The lowest BCUT2D eigenvalue weighted by atomic mass is 10.1. The second kappa shape index (κ2) is 24.2. The second-order valence-corrected chi connectivity index (χ2v) is 19.8. The van der Waals surface area contributed by atoms with Crippen LogP contribution in [0.3, 0.4) is 0 Å². The zero-order valence-electron chi connectivity index (χ0n) is 40.4. The molecule has 2 aliphatic rings. The van der Waals surface area contributed by atoms with E-state index in [2.05, 4.69) is 72.6 Å². The van der Waals surface area contributed by atoms with Crippen molar-refractivity contribution in [3.05, 3.63) is 177 Å². The van der Waals surface area contributed by atoms with E-state index in [9.17, 15) is 56.1 Å². The molecule has 10 rings (SSSR count). The monoisotopic (exact) mass is 1200 g/mol. The molecule has 6 heterocycles. The number of aromatic nitrogens is 12. The lowest BCUT2D eigenvalue weighted by Gasteiger charge is -2.19. The second-order valence-electron chi connectivity index (χ2n) is 17.9. The minimum Gasteiger partial charge on any atom is -0.478 e. The van der Waals surface area contributed by atoms with Gasteiger partial charge in [0.2, 0.25) is 11.6 Å². The van der Waals surface area contributed by atoms with Crippen molar-refractivity contribution in [1.29, 1.82) is 0 Å². The van der Waals surface area contributed by atoms with Gasteiger partial charge in [0, 0.05) is 61.6 Å². The Morgan fingerprint density at radius 3 is 1.57 bits per heavy atom. The maximum atomic E-state index is 14.4. The minimum atomic E-state index is -2.84. The van der Waals surface area contributed by atoms with Crippen LogP contribution in [0, 0.1) is 49.5 Å². The SMILES string of the molecule is C[C@@H](O)c1cc(F)ccc1-n1nc(C(F)F)cc1Cc1cn(CC2CC2)nn1.C[C@@H](Oc1cc(Br)cnc1[N+](=O)[O-])c1cc(F)ccc1-n1nc(C(F)F)cc1Cc1cn(CC2CC2)nn1.O=[N+]([O-])c1ncc(Br)cc1F. The maximum absolute atomic E-state index is 14.4. The van der Waals surface area contributed by atoms with Gasteiger partial charge in [0.15, 0.2) is 12.4 Å². The molecule has 2 atom stereocenters. The number of nitro groups is 2. The number of rotatable bonds is 18. The number of pyridine rings is 2. The van der Waals surface area contributed by atoms with E-state index in [1.165, 1.54) is 96.1 Å². The number of alkyl halides is 4. The summed E-state index contributed by atoms with van der Waals surface area (Å²) < 4.78 is 107. The van der Waals surface area contributed by atoms with E-state index in [0.29, 0.717) is 49.2 Å². The molecule has 0 aliphatic heterocycles. The Morgan fingerprint density at radius 2 is 1.13 bits per heavy atom. The Balaban J connectivity index is 0.000000175. The number of hydrogen-bond acceptors (Lipinski definition) is 14. The Labute approximate surface area is 448 Å². The van der Waals surface area contributed by atoms with Gasteiger partial charge in [-0.25, -0.2) is 35.7 Å². The average molecular weight is 1200 g/mol. The highest BCUT2D eigenvalue weighted by Crippen LogP contribution is 2.36. The summed E-state index contributed by atoms with van der Waals surface area (Å²) in [7, 11) is 0. The van der Waals surface area contributed by atoms with E-state index in [4.69, 9.17) is 4.74 Å². The van der Waals surface area contributed by atoms with Crippen molar-refractivity contribution in [2.24, 2.45) is 11.8 Å². The highest BCUT2D eigenvalue weighted by molar-refractivity contribution is 9.10. The topological polar surface area (TPSA) is 239 Å². The number of nitrogens with zero attached hydrogens (tertiary/aromatic N) is 14. The smallest absolute Gasteiger partial charge is 0.406 e. The fourth-order valence-electron chi connectivity index (χ4n) is 7.81. The van der Waals surface area contributed by atoms with Gasteiger partial charge in [0.25, 0.3) is 12.9 Å². The predicted octanol–water partition coefficient (Wildman–Crippen LogP) is 11.2. The minimum absolute atomic E-state index is 0.145. The fraction of sp³-hybridized carbons (Fsp3) is 0.333. The molecule has 0 bridgehead atoms. The summed E-state index contributed by atoms with van der Waals surface area (Å²) in [5, 5.41) is 56.0. The molecule has 2 fully saturated rings. The van der Waals surface area contributed by atoms with Crippen LogP contribution in [0.2, 0.25) is 0 Å². The molecule has 0 spiro atoms. The van der Waals surface area contributed by atoms with Crippen LogP contribution in [0.1, 0.15) is 110 Å². The summed E-state index contributed by atoms with van der Waals surface area (Å²) >= 11 is 6.13. The summed E-state index contributed by atoms with van der Waals surface area (Å²) in [5.41, 5.74) is 2.32. The lowest BCUT2D eigenvalue weighted by molar-refractivity contribution is -0.392. The van der Waals surface area contributed by atoms with Crippen LogP contribution in [0.15, 0.2) is 94.4 Å². The number of aliphatic hydroxyl groups is 1. The Morgan fingerprint density at radius 1 is 0.675 bits per heavy atom. The van der Waals surface area contributed by atoms with Crippen LogP contribution < -0.4 is 4.74 Å². The van der Waals surface area contributed by atoms with Crippen molar-refractivity contribution in [2.75, 3.05) is 0 Å². The summed E-state index contributed by atoms with van der Waals surface area (Å²) in [4.78, 5) is 26.9. The molecule has 77 heavy (non-hydrogen) atoms. The average Bonchev–Trinajstić information content (AvgIpc) is 4.15. The summed E-state index contributed by atoms with van der Waals surface area (Å²) in [6.45, 7) is 4.60. The quantitative estimate of drug-likeness (QED) is 0.0478. The molecule has 2 saturated carbocycles.